The summed E-state index contributed by atoms with van der Waals surface area (Å²) < 4.78 is 17.0. The zero-order valence-corrected chi connectivity index (χ0v) is 29.2. The molecule has 3 aromatic rings. The van der Waals surface area contributed by atoms with Gasteiger partial charge in [0.1, 0.15) is 18.0 Å². The molecule has 5 rings (SSSR count). The second-order valence-electron chi connectivity index (χ2n) is 14.3. The number of fused-ring (bicyclic) bond motifs is 1. The van der Waals surface area contributed by atoms with E-state index < -0.39 is 47.5 Å². The maximum absolute atomic E-state index is 14.2. The van der Waals surface area contributed by atoms with Gasteiger partial charge in [-0.25, -0.2) is 4.79 Å². The Kier molecular flexibility index (Phi) is 12.5. The van der Waals surface area contributed by atoms with Gasteiger partial charge < -0.3 is 40.2 Å². The number of nitrogens with one attached hydrogen (secondary N) is 2. The van der Waals surface area contributed by atoms with E-state index in [4.69, 9.17) is 14.2 Å². The van der Waals surface area contributed by atoms with Crippen LogP contribution in [0.25, 0.3) is 0 Å². The van der Waals surface area contributed by atoms with E-state index in [2.05, 4.69) is 15.5 Å². The topological polar surface area (TPSA) is 150 Å². The fourth-order valence-electron chi connectivity index (χ4n) is 6.60. The first-order valence-electron chi connectivity index (χ1n) is 17.4. The molecule has 0 radical (unpaired) electrons. The van der Waals surface area contributed by atoms with Gasteiger partial charge >= 0.3 is 6.09 Å². The molecule has 1 saturated heterocycles. The minimum Gasteiger partial charge on any atom is -0.492 e. The zero-order valence-electron chi connectivity index (χ0n) is 29.2. The standard InChI is InChI=1S/C39H51N3O8/c1-38(2,3)50-37(46)40-33(24-27-10-5-4-6-11-27)34(43)25-29(36(45)41-39(47)26-35(44)31-14-7-8-15-32(31)39)22-28-12-9-13-30(23-28)49-21-18-42-16-19-48-20-17-42/h4-15,23,29,33-35,43-44,47H,16-22,24-26H2,1-3H3,(H,40,46)(H,41,45)/t29?,33?,34?,35-,39-/m1/s1. The van der Waals surface area contributed by atoms with Crippen molar-refractivity contribution in [2.75, 3.05) is 39.5 Å². The van der Waals surface area contributed by atoms with Crippen molar-refractivity contribution < 1.29 is 39.1 Å². The molecule has 1 fully saturated rings. The normalized spacial score (nSPS) is 21.0. The number of aliphatic hydroxyl groups is 3. The van der Waals surface area contributed by atoms with Crippen molar-refractivity contribution in [1.82, 2.24) is 15.5 Å². The predicted octanol–water partition coefficient (Wildman–Crippen LogP) is 3.84. The summed E-state index contributed by atoms with van der Waals surface area (Å²) in [6.07, 6.45) is -2.41. The molecule has 11 heteroatoms. The van der Waals surface area contributed by atoms with Crippen LogP contribution in [0.2, 0.25) is 0 Å². The molecule has 5 atom stereocenters. The van der Waals surface area contributed by atoms with E-state index in [0.29, 0.717) is 43.1 Å². The van der Waals surface area contributed by atoms with Gasteiger partial charge in [-0.3, -0.25) is 9.69 Å². The van der Waals surface area contributed by atoms with Crippen LogP contribution in [0, 0.1) is 5.92 Å². The second-order valence-corrected chi connectivity index (χ2v) is 14.3. The summed E-state index contributed by atoms with van der Waals surface area (Å²) in [5.41, 5.74) is 0.143. The Morgan fingerprint density at radius 3 is 2.42 bits per heavy atom. The second kappa shape index (κ2) is 16.8. The molecule has 3 aromatic carbocycles. The van der Waals surface area contributed by atoms with Gasteiger partial charge in [0.05, 0.1) is 31.5 Å². The molecule has 0 saturated carbocycles. The summed E-state index contributed by atoms with van der Waals surface area (Å²) in [6, 6.07) is 23.1. The highest BCUT2D eigenvalue weighted by Crippen LogP contribution is 2.41. The van der Waals surface area contributed by atoms with Gasteiger partial charge in [-0.1, -0.05) is 66.7 Å². The molecule has 50 heavy (non-hydrogen) atoms. The van der Waals surface area contributed by atoms with Crippen LogP contribution >= 0.6 is 0 Å². The Labute approximate surface area is 294 Å². The summed E-state index contributed by atoms with van der Waals surface area (Å²) in [7, 11) is 0. The highest BCUT2D eigenvalue weighted by atomic mass is 16.6. The highest BCUT2D eigenvalue weighted by molar-refractivity contribution is 5.80. The third-order valence-electron chi connectivity index (χ3n) is 9.11. The molecule has 0 aromatic heterocycles. The van der Waals surface area contributed by atoms with Crippen molar-refractivity contribution in [2.24, 2.45) is 5.92 Å². The van der Waals surface area contributed by atoms with Crippen molar-refractivity contribution in [3.8, 4) is 5.75 Å². The summed E-state index contributed by atoms with van der Waals surface area (Å²) >= 11 is 0. The van der Waals surface area contributed by atoms with E-state index in [1.54, 1.807) is 45.0 Å². The van der Waals surface area contributed by atoms with Crippen molar-refractivity contribution in [1.29, 1.82) is 0 Å². The smallest absolute Gasteiger partial charge is 0.407 e. The average Bonchev–Trinajstić information content (AvgIpc) is 3.33. The summed E-state index contributed by atoms with van der Waals surface area (Å²) in [5.74, 6) is -0.665. The largest absolute Gasteiger partial charge is 0.492 e. The quantitative estimate of drug-likeness (QED) is 0.159. The molecule has 1 heterocycles. The number of benzene rings is 3. The number of rotatable bonds is 14. The van der Waals surface area contributed by atoms with Gasteiger partial charge in [-0.05, 0) is 68.9 Å². The van der Waals surface area contributed by atoms with Crippen LogP contribution in [-0.2, 0) is 32.8 Å². The Bertz CT molecular complexity index is 1560. The monoisotopic (exact) mass is 689 g/mol. The van der Waals surface area contributed by atoms with E-state index in [0.717, 1.165) is 30.8 Å². The summed E-state index contributed by atoms with van der Waals surface area (Å²) in [4.78, 5) is 29.4. The minimum absolute atomic E-state index is 0.0402. The van der Waals surface area contributed by atoms with E-state index in [-0.39, 0.29) is 19.3 Å². The fraction of sp³-hybridized carbons (Fsp3) is 0.487. The number of carbonyl (C=O) groups excluding carboxylic acids is 2. The lowest BCUT2D eigenvalue weighted by molar-refractivity contribution is -0.135. The first kappa shape index (κ1) is 37.3. The Morgan fingerprint density at radius 1 is 0.980 bits per heavy atom. The van der Waals surface area contributed by atoms with Crippen molar-refractivity contribution >= 4 is 12.0 Å². The van der Waals surface area contributed by atoms with Gasteiger partial charge in [-0.15, -0.1) is 0 Å². The molecule has 0 spiro atoms. The van der Waals surface area contributed by atoms with E-state index in [1.165, 1.54) is 0 Å². The maximum atomic E-state index is 14.2. The lowest BCUT2D eigenvalue weighted by atomic mass is 9.88. The SMILES string of the molecule is CC(C)(C)OC(=O)NC(Cc1ccccc1)C(O)CC(Cc1cccc(OCCN2CCOCC2)c1)C(=O)N[C@@]1(O)C[C@@H](O)c2ccccc21. The molecule has 1 aliphatic carbocycles. The third-order valence-corrected chi connectivity index (χ3v) is 9.11. The van der Waals surface area contributed by atoms with Gasteiger partial charge in [0.15, 0.2) is 5.72 Å². The molecular weight excluding hydrogens is 638 g/mol. The van der Waals surface area contributed by atoms with Crippen molar-refractivity contribution in [3.63, 3.8) is 0 Å². The van der Waals surface area contributed by atoms with Crippen molar-refractivity contribution in [2.45, 2.75) is 76.0 Å². The fourth-order valence-corrected chi connectivity index (χ4v) is 6.60. The van der Waals surface area contributed by atoms with Crippen LogP contribution in [0.1, 0.15) is 62.0 Å². The minimum atomic E-state index is -1.79. The van der Waals surface area contributed by atoms with Crippen molar-refractivity contribution in [3.05, 3.63) is 101 Å². The van der Waals surface area contributed by atoms with Crippen LogP contribution in [0.5, 0.6) is 5.75 Å². The molecule has 3 unspecified atom stereocenters. The summed E-state index contributed by atoms with van der Waals surface area (Å²) in [5, 5.41) is 39.7. The summed E-state index contributed by atoms with van der Waals surface area (Å²) in [6.45, 7) is 9.71. The molecule has 270 valence electrons. The van der Waals surface area contributed by atoms with Crippen LogP contribution in [0.15, 0.2) is 78.9 Å². The number of hydrogen-bond donors (Lipinski definition) is 5. The van der Waals surface area contributed by atoms with Crippen LogP contribution < -0.4 is 15.4 Å². The first-order chi connectivity index (χ1) is 23.9. The molecule has 1 aliphatic heterocycles. The molecule has 11 nitrogen and oxygen atoms in total. The van der Waals surface area contributed by atoms with E-state index in [1.807, 2.05) is 54.6 Å². The Hall–Kier alpha value is -4.00. The molecule has 0 bridgehead atoms. The van der Waals surface area contributed by atoms with Gasteiger partial charge in [0, 0.05) is 37.5 Å². The number of nitrogens with zero attached hydrogens (tertiary/aromatic N) is 1. The maximum Gasteiger partial charge on any atom is 0.407 e. The highest BCUT2D eigenvalue weighted by Gasteiger charge is 2.44. The number of hydrogen-bond acceptors (Lipinski definition) is 9. The number of amides is 2. The van der Waals surface area contributed by atoms with Crippen LogP contribution in [0.3, 0.4) is 0 Å². The number of alkyl carbamates (subject to hydrolysis) is 1. The molecule has 2 aliphatic rings. The lowest BCUT2D eigenvalue weighted by Crippen LogP contribution is -2.50. The zero-order chi connectivity index (χ0) is 35.7. The molecular formula is C39H51N3O8. The molecule has 5 N–H and O–H groups in total. The van der Waals surface area contributed by atoms with Crippen LogP contribution in [0.4, 0.5) is 4.79 Å². The van der Waals surface area contributed by atoms with E-state index >= 15 is 0 Å². The number of aliphatic hydroxyl groups excluding tert-OH is 2. The number of morpholine rings is 1. The van der Waals surface area contributed by atoms with Gasteiger partial charge in [-0.2, -0.15) is 0 Å². The van der Waals surface area contributed by atoms with Crippen LogP contribution in [-0.4, -0.2) is 89.4 Å². The molecule has 2 amide bonds. The third kappa shape index (κ3) is 10.5. The average molecular weight is 690 g/mol. The Morgan fingerprint density at radius 2 is 1.68 bits per heavy atom. The number of carbonyl (C=O) groups is 2. The lowest BCUT2D eigenvalue weighted by Gasteiger charge is -2.31. The van der Waals surface area contributed by atoms with Gasteiger partial charge in [0.2, 0.25) is 5.91 Å². The first-order valence-corrected chi connectivity index (χ1v) is 17.4. The predicted molar refractivity (Wildman–Crippen MR) is 188 cm³/mol. The van der Waals surface area contributed by atoms with Gasteiger partial charge in [0.25, 0.3) is 0 Å². The van der Waals surface area contributed by atoms with E-state index in [9.17, 15) is 24.9 Å². The number of ether oxygens (including phenoxy) is 3. The Balaban J connectivity index is 1.36.